The molecule has 0 aromatic heterocycles. The van der Waals surface area contributed by atoms with Crippen LogP contribution in [0.4, 0.5) is 5.69 Å². The van der Waals surface area contributed by atoms with Crippen LogP contribution in [0.2, 0.25) is 0 Å². The summed E-state index contributed by atoms with van der Waals surface area (Å²) in [5.41, 5.74) is 2.89. The van der Waals surface area contributed by atoms with Crippen molar-refractivity contribution in [1.29, 1.82) is 0 Å². The molecule has 2 aliphatic rings. The van der Waals surface area contributed by atoms with Crippen molar-refractivity contribution in [2.45, 2.75) is 38.6 Å². The highest BCUT2D eigenvalue weighted by molar-refractivity contribution is 5.49. The number of anilines is 1. The van der Waals surface area contributed by atoms with Crippen LogP contribution in [0, 0.1) is 0 Å². The van der Waals surface area contributed by atoms with Gasteiger partial charge in [-0.2, -0.15) is 0 Å². The molecule has 2 aliphatic heterocycles. The number of benzene rings is 1. The third-order valence-electron chi connectivity index (χ3n) is 4.52. The summed E-state index contributed by atoms with van der Waals surface area (Å²) >= 11 is 0. The first-order valence-electron chi connectivity index (χ1n) is 7.45. The molecule has 0 aliphatic carbocycles. The lowest BCUT2D eigenvalue weighted by Crippen LogP contribution is -2.54. The van der Waals surface area contributed by atoms with Gasteiger partial charge < -0.3 is 4.90 Å². The second-order valence-corrected chi connectivity index (χ2v) is 5.66. The molecule has 0 amide bonds. The maximum Gasteiger partial charge on any atom is 0.0369 e. The zero-order valence-corrected chi connectivity index (χ0v) is 11.4. The fourth-order valence-electron chi connectivity index (χ4n) is 3.36. The summed E-state index contributed by atoms with van der Waals surface area (Å²) in [5, 5.41) is 0. The predicted molar refractivity (Wildman–Crippen MR) is 77.2 cm³/mol. The van der Waals surface area contributed by atoms with E-state index in [1.807, 2.05) is 0 Å². The van der Waals surface area contributed by atoms with Gasteiger partial charge in [0.1, 0.15) is 0 Å². The Kier molecular flexibility index (Phi) is 3.55. The second-order valence-electron chi connectivity index (χ2n) is 5.66. The van der Waals surface area contributed by atoms with E-state index in [4.69, 9.17) is 0 Å². The molecule has 2 heteroatoms. The van der Waals surface area contributed by atoms with Crippen LogP contribution in [-0.4, -0.2) is 37.1 Å². The number of hydrogen-bond donors (Lipinski definition) is 0. The van der Waals surface area contributed by atoms with Crippen LogP contribution in [0.15, 0.2) is 24.3 Å². The zero-order chi connectivity index (χ0) is 12.4. The van der Waals surface area contributed by atoms with E-state index in [0.29, 0.717) is 0 Å². The van der Waals surface area contributed by atoms with Gasteiger partial charge in [-0.25, -0.2) is 0 Å². The average Bonchev–Trinajstić information content (AvgIpc) is 2.47. The first-order valence-corrected chi connectivity index (χ1v) is 7.45. The van der Waals surface area contributed by atoms with Gasteiger partial charge in [-0.15, -0.1) is 0 Å². The lowest BCUT2D eigenvalue weighted by molar-refractivity contribution is 0.133. The third-order valence-corrected chi connectivity index (χ3v) is 4.52. The monoisotopic (exact) mass is 244 g/mol. The Morgan fingerprint density at radius 3 is 3.00 bits per heavy atom. The molecule has 1 atom stereocenters. The smallest absolute Gasteiger partial charge is 0.0369 e. The molecule has 2 heterocycles. The van der Waals surface area contributed by atoms with E-state index in [2.05, 4.69) is 41.0 Å². The van der Waals surface area contributed by atoms with E-state index in [9.17, 15) is 0 Å². The molecule has 98 valence electrons. The second kappa shape index (κ2) is 5.31. The van der Waals surface area contributed by atoms with E-state index in [0.717, 1.165) is 12.5 Å². The van der Waals surface area contributed by atoms with Crippen LogP contribution in [0.25, 0.3) is 0 Å². The Morgan fingerprint density at radius 1 is 1.17 bits per heavy atom. The molecule has 0 bridgehead atoms. The van der Waals surface area contributed by atoms with E-state index in [1.165, 1.54) is 56.7 Å². The summed E-state index contributed by atoms with van der Waals surface area (Å²) in [6.07, 6.45) is 5.35. The molecule has 1 aromatic carbocycles. The highest BCUT2D eigenvalue weighted by Gasteiger charge is 2.28. The maximum atomic E-state index is 2.70. The Bertz CT molecular complexity index is 402. The number of piperazine rings is 1. The highest BCUT2D eigenvalue weighted by Crippen LogP contribution is 2.25. The number of piperidine rings is 1. The van der Waals surface area contributed by atoms with Gasteiger partial charge in [0.25, 0.3) is 0 Å². The molecule has 1 unspecified atom stereocenters. The van der Waals surface area contributed by atoms with Crippen molar-refractivity contribution in [2.24, 2.45) is 0 Å². The molecule has 1 aromatic rings. The molecule has 3 rings (SSSR count). The average molecular weight is 244 g/mol. The third kappa shape index (κ3) is 2.39. The standard InChI is InChI=1S/C16H24N2/c1-2-14-6-5-8-15(12-14)18-11-10-17-9-4-3-7-16(17)13-18/h5-6,8,12,16H,2-4,7,9-11,13H2,1H3. The molecule has 0 saturated carbocycles. The molecule has 0 radical (unpaired) electrons. The Morgan fingerprint density at radius 2 is 2.11 bits per heavy atom. The lowest BCUT2D eigenvalue weighted by atomic mass is 9.99. The Balaban J connectivity index is 1.72. The number of rotatable bonds is 2. The summed E-state index contributed by atoms with van der Waals surface area (Å²) in [5.74, 6) is 0. The summed E-state index contributed by atoms with van der Waals surface area (Å²) in [6.45, 7) is 7.24. The first-order chi connectivity index (χ1) is 8.86. The number of fused-ring (bicyclic) bond motifs is 1. The van der Waals surface area contributed by atoms with Crippen molar-refractivity contribution in [3.05, 3.63) is 29.8 Å². The summed E-state index contributed by atoms with van der Waals surface area (Å²) < 4.78 is 0. The van der Waals surface area contributed by atoms with Crippen LogP contribution in [0.5, 0.6) is 0 Å². The fourth-order valence-corrected chi connectivity index (χ4v) is 3.36. The molecular formula is C16H24N2. The molecule has 2 saturated heterocycles. The van der Waals surface area contributed by atoms with Crippen molar-refractivity contribution < 1.29 is 0 Å². The van der Waals surface area contributed by atoms with Gasteiger partial charge in [0.15, 0.2) is 0 Å². The SMILES string of the molecule is CCc1cccc(N2CCN3CCCCC3C2)c1. The van der Waals surface area contributed by atoms with Crippen LogP contribution in [0.1, 0.15) is 31.7 Å². The topological polar surface area (TPSA) is 6.48 Å². The largest absolute Gasteiger partial charge is 0.369 e. The highest BCUT2D eigenvalue weighted by atomic mass is 15.3. The summed E-state index contributed by atoms with van der Waals surface area (Å²) in [4.78, 5) is 5.29. The van der Waals surface area contributed by atoms with Gasteiger partial charge in [0, 0.05) is 31.4 Å². The molecule has 2 nitrogen and oxygen atoms in total. The van der Waals surface area contributed by atoms with Crippen LogP contribution < -0.4 is 4.90 Å². The van der Waals surface area contributed by atoms with E-state index < -0.39 is 0 Å². The molecule has 0 spiro atoms. The Hall–Kier alpha value is -1.02. The van der Waals surface area contributed by atoms with Gasteiger partial charge in [-0.1, -0.05) is 25.5 Å². The van der Waals surface area contributed by atoms with Crippen LogP contribution >= 0.6 is 0 Å². The number of hydrogen-bond acceptors (Lipinski definition) is 2. The summed E-state index contributed by atoms with van der Waals surface area (Å²) in [6, 6.07) is 9.90. The van der Waals surface area contributed by atoms with Crippen LogP contribution in [0.3, 0.4) is 0 Å². The normalized spacial score (nSPS) is 24.9. The van der Waals surface area contributed by atoms with E-state index in [-0.39, 0.29) is 0 Å². The molecular weight excluding hydrogens is 220 g/mol. The van der Waals surface area contributed by atoms with Crippen molar-refractivity contribution in [1.82, 2.24) is 4.90 Å². The minimum absolute atomic E-state index is 0.804. The number of nitrogens with zero attached hydrogens (tertiary/aromatic N) is 2. The predicted octanol–water partition coefficient (Wildman–Crippen LogP) is 2.92. The van der Waals surface area contributed by atoms with Crippen LogP contribution in [-0.2, 0) is 6.42 Å². The van der Waals surface area contributed by atoms with Crippen molar-refractivity contribution in [2.75, 3.05) is 31.1 Å². The summed E-state index contributed by atoms with van der Waals surface area (Å²) in [7, 11) is 0. The lowest BCUT2D eigenvalue weighted by Gasteiger charge is -2.45. The van der Waals surface area contributed by atoms with Gasteiger partial charge >= 0.3 is 0 Å². The van der Waals surface area contributed by atoms with E-state index >= 15 is 0 Å². The van der Waals surface area contributed by atoms with Crippen molar-refractivity contribution in [3.63, 3.8) is 0 Å². The van der Waals surface area contributed by atoms with Gasteiger partial charge in [-0.05, 0) is 43.5 Å². The quantitative estimate of drug-likeness (QED) is 0.789. The minimum Gasteiger partial charge on any atom is -0.369 e. The number of aryl methyl sites for hydroxylation is 1. The maximum absolute atomic E-state index is 2.70. The van der Waals surface area contributed by atoms with Crippen molar-refractivity contribution in [3.8, 4) is 0 Å². The van der Waals surface area contributed by atoms with Gasteiger partial charge in [-0.3, -0.25) is 4.90 Å². The first kappa shape index (κ1) is 12.0. The molecule has 18 heavy (non-hydrogen) atoms. The fraction of sp³-hybridized carbons (Fsp3) is 0.625. The van der Waals surface area contributed by atoms with E-state index in [1.54, 1.807) is 0 Å². The molecule has 0 N–H and O–H groups in total. The minimum atomic E-state index is 0.804. The van der Waals surface area contributed by atoms with Crippen molar-refractivity contribution >= 4 is 5.69 Å². The van der Waals surface area contributed by atoms with Gasteiger partial charge in [0.05, 0.1) is 0 Å². The zero-order valence-electron chi connectivity index (χ0n) is 11.4. The van der Waals surface area contributed by atoms with Gasteiger partial charge in [0.2, 0.25) is 0 Å². The Labute approximate surface area is 111 Å². The molecule has 2 fully saturated rings.